The number of hydrogen-bond acceptors (Lipinski definition) is 8. The third-order valence-electron chi connectivity index (χ3n) is 6.36. The minimum absolute atomic E-state index is 0.853. The normalized spacial score (nSPS) is 18.2. The van der Waals surface area contributed by atoms with E-state index in [1.165, 1.54) is 10.3 Å². The molecule has 164 valence electrons. The van der Waals surface area contributed by atoms with Gasteiger partial charge in [0.25, 0.3) is 0 Å². The fourth-order valence-corrected chi connectivity index (χ4v) is 5.42. The average Bonchev–Trinajstić information content (AvgIpc) is 3.22. The summed E-state index contributed by atoms with van der Waals surface area (Å²) in [5.74, 6) is 2.97. The second-order valence-electron chi connectivity index (χ2n) is 8.55. The van der Waals surface area contributed by atoms with Gasteiger partial charge in [0.15, 0.2) is 5.13 Å². The van der Waals surface area contributed by atoms with Gasteiger partial charge in [-0.05, 0) is 38.1 Å². The molecule has 2 fully saturated rings. The molecule has 3 aromatic rings. The first kappa shape index (κ1) is 20.5. The first-order valence-corrected chi connectivity index (χ1v) is 12.1. The van der Waals surface area contributed by atoms with E-state index in [-0.39, 0.29) is 0 Å². The van der Waals surface area contributed by atoms with E-state index in [0.29, 0.717) is 0 Å². The highest BCUT2D eigenvalue weighted by molar-refractivity contribution is 7.22. The lowest BCUT2D eigenvalue weighted by Crippen LogP contribution is -2.47. The summed E-state index contributed by atoms with van der Waals surface area (Å²) in [5.41, 5.74) is 2.49. The van der Waals surface area contributed by atoms with Gasteiger partial charge >= 0.3 is 0 Å². The summed E-state index contributed by atoms with van der Waals surface area (Å²) in [6.07, 6.45) is 1.07. The van der Waals surface area contributed by atoms with E-state index < -0.39 is 0 Å². The van der Waals surface area contributed by atoms with Gasteiger partial charge in [-0.15, -0.1) is 0 Å². The quantitative estimate of drug-likeness (QED) is 0.622. The van der Waals surface area contributed by atoms with Crippen LogP contribution in [0.5, 0.6) is 0 Å². The van der Waals surface area contributed by atoms with Crippen molar-refractivity contribution in [1.29, 1.82) is 0 Å². The monoisotopic (exact) mass is 437 g/mol. The molecule has 0 bridgehead atoms. The molecular weight excluding hydrogens is 406 g/mol. The van der Waals surface area contributed by atoms with Crippen LogP contribution in [0, 0.1) is 6.92 Å². The van der Waals surface area contributed by atoms with Crippen molar-refractivity contribution < 1.29 is 0 Å². The van der Waals surface area contributed by atoms with Crippen LogP contribution in [0.4, 0.5) is 16.8 Å². The number of fused-ring (bicyclic) bond motifs is 1. The van der Waals surface area contributed by atoms with Crippen molar-refractivity contribution in [3.8, 4) is 0 Å². The predicted octanol–water partition coefficient (Wildman–Crippen LogP) is 3.04. The number of anilines is 3. The third kappa shape index (κ3) is 4.32. The highest BCUT2D eigenvalue weighted by Gasteiger charge is 2.23. The highest BCUT2D eigenvalue weighted by atomic mass is 32.1. The fraction of sp³-hybridized carbons (Fsp3) is 0.522. The van der Waals surface area contributed by atoms with Gasteiger partial charge < -0.3 is 19.6 Å². The Morgan fingerprint density at radius 1 is 0.806 bits per heavy atom. The van der Waals surface area contributed by atoms with Gasteiger partial charge in [0, 0.05) is 58.4 Å². The van der Waals surface area contributed by atoms with E-state index in [0.717, 1.165) is 86.9 Å². The van der Waals surface area contributed by atoms with E-state index in [4.69, 9.17) is 15.0 Å². The third-order valence-corrected chi connectivity index (χ3v) is 7.44. The Morgan fingerprint density at radius 2 is 1.42 bits per heavy atom. The summed E-state index contributed by atoms with van der Waals surface area (Å²) in [6, 6.07) is 8.82. The van der Waals surface area contributed by atoms with Crippen LogP contribution in [-0.4, -0.2) is 79.3 Å². The number of thiazole rings is 1. The molecule has 0 unspecified atom stereocenters. The molecule has 2 aliphatic rings. The smallest absolute Gasteiger partial charge is 0.186 e. The Balaban J connectivity index is 1.28. The van der Waals surface area contributed by atoms with E-state index >= 15 is 0 Å². The van der Waals surface area contributed by atoms with Gasteiger partial charge in [-0.25, -0.2) is 15.0 Å². The maximum absolute atomic E-state index is 4.89. The minimum atomic E-state index is 0.853. The van der Waals surface area contributed by atoms with Crippen molar-refractivity contribution in [3.63, 3.8) is 0 Å². The summed E-state index contributed by atoms with van der Waals surface area (Å²) >= 11 is 1.81. The zero-order chi connectivity index (χ0) is 21.4. The predicted molar refractivity (Wildman–Crippen MR) is 130 cm³/mol. The molecule has 0 aliphatic carbocycles. The Labute approximate surface area is 188 Å². The number of rotatable bonds is 4. The molecule has 2 aromatic heterocycles. The molecule has 7 nitrogen and oxygen atoms in total. The zero-order valence-electron chi connectivity index (χ0n) is 18.7. The Kier molecular flexibility index (Phi) is 5.67. The molecule has 0 saturated carbocycles. The van der Waals surface area contributed by atoms with Gasteiger partial charge in [0.05, 0.1) is 10.2 Å². The fourth-order valence-electron chi connectivity index (χ4n) is 4.33. The van der Waals surface area contributed by atoms with Crippen LogP contribution in [0.25, 0.3) is 10.2 Å². The van der Waals surface area contributed by atoms with Crippen molar-refractivity contribution in [1.82, 2.24) is 19.9 Å². The molecule has 0 radical (unpaired) electrons. The summed E-state index contributed by atoms with van der Waals surface area (Å²) in [6.45, 7) is 12.3. The standard InChI is InChI=1S/C23H31N7S/c1-4-18-5-6-19-20(15-18)31-23(26-19)30-13-11-29(12-14-30)22-16-21(24-17(2)25-22)28-9-7-27(3)8-10-28/h5-6,15-16H,4,7-14H2,1-3H3. The number of aromatic nitrogens is 3. The SMILES string of the molecule is CCc1ccc2nc(N3CCN(c4cc(N5CCN(C)CC5)nc(C)n4)CC3)sc2c1. The van der Waals surface area contributed by atoms with E-state index in [2.05, 4.69) is 57.8 Å². The van der Waals surface area contributed by atoms with Crippen molar-refractivity contribution in [2.24, 2.45) is 0 Å². The number of piperazine rings is 2. The molecule has 1 aromatic carbocycles. The van der Waals surface area contributed by atoms with Gasteiger partial charge in [0.2, 0.25) is 0 Å². The lowest BCUT2D eigenvalue weighted by Gasteiger charge is -2.36. The molecule has 8 heteroatoms. The van der Waals surface area contributed by atoms with Crippen LogP contribution in [0.15, 0.2) is 24.3 Å². The molecule has 5 rings (SSSR count). The average molecular weight is 438 g/mol. The first-order chi connectivity index (χ1) is 15.1. The van der Waals surface area contributed by atoms with Crippen LogP contribution in [0.2, 0.25) is 0 Å². The van der Waals surface area contributed by atoms with E-state index in [9.17, 15) is 0 Å². The molecule has 31 heavy (non-hydrogen) atoms. The molecule has 2 saturated heterocycles. The maximum atomic E-state index is 4.89. The second kappa shape index (κ2) is 8.59. The zero-order valence-corrected chi connectivity index (χ0v) is 19.5. The van der Waals surface area contributed by atoms with Gasteiger partial charge in [-0.3, -0.25) is 0 Å². The first-order valence-electron chi connectivity index (χ1n) is 11.3. The number of benzene rings is 1. The van der Waals surface area contributed by atoms with E-state index in [1.807, 2.05) is 18.3 Å². The largest absolute Gasteiger partial charge is 0.354 e. The lowest BCUT2D eigenvalue weighted by molar-refractivity contribution is 0.312. The molecule has 2 aliphatic heterocycles. The molecule has 0 amide bonds. The molecule has 0 spiro atoms. The second-order valence-corrected chi connectivity index (χ2v) is 9.56. The highest BCUT2D eigenvalue weighted by Crippen LogP contribution is 2.31. The topological polar surface area (TPSA) is 51.6 Å². The Hall–Kier alpha value is -2.45. The van der Waals surface area contributed by atoms with Crippen molar-refractivity contribution in [2.45, 2.75) is 20.3 Å². The van der Waals surface area contributed by atoms with Gasteiger partial charge in [0.1, 0.15) is 17.5 Å². The molecule has 0 N–H and O–H groups in total. The Bertz CT molecular complexity index is 1050. The summed E-state index contributed by atoms with van der Waals surface area (Å²) in [4.78, 5) is 24.0. The number of nitrogens with zero attached hydrogens (tertiary/aromatic N) is 7. The molecule has 4 heterocycles. The lowest BCUT2D eigenvalue weighted by atomic mass is 10.2. The molecule has 0 atom stereocenters. The summed E-state index contributed by atoms with van der Waals surface area (Å²) < 4.78 is 1.29. The van der Waals surface area contributed by atoms with Gasteiger partial charge in [-0.2, -0.15) is 0 Å². The summed E-state index contributed by atoms with van der Waals surface area (Å²) in [7, 11) is 2.18. The van der Waals surface area contributed by atoms with Gasteiger partial charge in [-0.1, -0.05) is 24.3 Å². The number of likely N-dealkylation sites (N-methyl/N-ethyl adjacent to an activating group) is 1. The van der Waals surface area contributed by atoms with Crippen LogP contribution in [-0.2, 0) is 6.42 Å². The summed E-state index contributed by atoms with van der Waals surface area (Å²) in [5, 5.41) is 1.14. The van der Waals surface area contributed by atoms with Crippen LogP contribution in [0.1, 0.15) is 18.3 Å². The van der Waals surface area contributed by atoms with E-state index in [1.54, 1.807) is 0 Å². The minimum Gasteiger partial charge on any atom is -0.354 e. The number of hydrogen-bond donors (Lipinski definition) is 0. The van der Waals surface area contributed by atoms with Crippen LogP contribution < -0.4 is 14.7 Å². The van der Waals surface area contributed by atoms with Crippen molar-refractivity contribution in [2.75, 3.05) is 74.1 Å². The number of aryl methyl sites for hydroxylation is 2. The van der Waals surface area contributed by atoms with Crippen LogP contribution >= 0.6 is 11.3 Å². The Morgan fingerprint density at radius 3 is 2.06 bits per heavy atom. The molecular formula is C23H31N7S. The van der Waals surface area contributed by atoms with Crippen molar-refractivity contribution >= 4 is 38.3 Å². The van der Waals surface area contributed by atoms with Crippen molar-refractivity contribution in [3.05, 3.63) is 35.7 Å². The maximum Gasteiger partial charge on any atom is 0.186 e. The van der Waals surface area contributed by atoms with Crippen LogP contribution in [0.3, 0.4) is 0 Å².